The number of nitrogens with zero attached hydrogens (tertiary/aromatic N) is 3. The molecule has 6 nitrogen and oxygen atoms in total. The molecule has 0 saturated carbocycles. The van der Waals surface area contributed by atoms with E-state index in [1.807, 2.05) is 0 Å². The van der Waals surface area contributed by atoms with Crippen molar-refractivity contribution in [2.24, 2.45) is 0 Å². The second-order valence-corrected chi connectivity index (χ2v) is 6.10. The van der Waals surface area contributed by atoms with Gasteiger partial charge < -0.3 is 0 Å². The maximum atomic E-state index is 12.8. The van der Waals surface area contributed by atoms with Gasteiger partial charge >= 0.3 is 10.2 Å². The van der Waals surface area contributed by atoms with Gasteiger partial charge in [-0.15, -0.1) is 4.09 Å². The zero-order valence-electron chi connectivity index (χ0n) is 9.32. The number of hydrogen-bond acceptors (Lipinski definition) is 5. The van der Waals surface area contributed by atoms with Crippen molar-refractivity contribution >= 4 is 37.6 Å². The molecule has 1 aromatic carbocycles. The quantitative estimate of drug-likeness (QED) is 0.800. The zero-order valence-corrected chi connectivity index (χ0v) is 10.9. The molecule has 0 aliphatic rings. The molecule has 0 bridgehead atoms. The van der Waals surface area contributed by atoms with Crippen LogP contribution in [0, 0.1) is 5.13 Å². The molecule has 2 aromatic heterocycles. The smallest absolute Gasteiger partial charge is 0.240 e. The van der Waals surface area contributed by atoms with Gasteiger partial charge in [0.15, 0.2) is 5.13 Å². The molecule has 2 heterocycles. The molecule has 0 unspecified atom stereocenters. The van der Waals surface area contributed by atoms with Gasteiger partial charge in [0.1, 0.15) is 0 Å². The molecule has 0 radical (unpaired) electrons. The van der Waals surface area contributed by atoms with Gasteiger partial charge in [0.25, 0.3) is 0 Å². The minimum Gasteiger partial charge on any atom is -0.240 e. The van der Waals surface area contributed by atoms with E-state index in [1.165, 1.54) is 6.20 Å². The summed E-state index contributed by atoms with van der Waals surface area (Å²) in [7, 11) is -3.95. The molecule has 0 fully saturated rings. The average molecular weight is 298 g/mol. The number of benzene rings is 1. The summed E-state index contributed by atoms with van der Waals surface area (Å²) in [5, 5.41) is 3.90. The van der Waals surface area contributed by atoms with E-state index in [2.05, 4.69) is 14.8 Å². The lowest BCUT2D eigenvalue weighted by Crippen LogP contribution is -2.22. The first-order valence-corrected chi connectivity index (χ1v) is 7.39. The van der Waals surface area contributed by atoms with E-state index in [0.717, 1.165) is 10.3 Å². The number of nitrogens with one attached hydrogen (secondary N) is 1. The number of hydrogen-bond donors (Lipinski definition) is 1. The lowest BCUT2D eigenvalue weighted by atomic mass is 10.3. The maximum Gasteiger partial charge on any atom is 0.345 e. The predicted molar refractivity (Wildman–Crippen MR) is 69.7 cm³/mol. The molecular weight excluding hydrogens is 291 g/mol. The van der Waals surface area contributed by atoms with Crippen LogP contribution in [0.15, 0.2) is 36.7 Å². The highest BCUT2D eigenvalue weighted by molar-refractivity contribution is 7.91. The maximum absolute atomic E-state index is 12.8. The van der Waals surface area contributed by atoms with Gasteiger partial charge in [0.05, 0.1) is 17.9 Å². The van der Waals surface area contributed by atoms with E-state index in [0.29, 0.717) is 22.2 Å². The summed E-state index contributed by atoms with van der Waals surface area (Å²) in [6, 6.07) is 6.87. The molecule has 3 aromatic rings. The zero-order chi connectivity index (χ0) is 13.5. The third-order valence-corrected chi connectivity index (χ3v) is 4.39. The number of aromatic nitrogens is 3. The Morgan fingerprint density at radius 2 is 2.05 bits per heavy atom. The van der Waals surface area contributed by atoms with Crippen molar-refractivity contribution in [3.05, 3.63) is 41.8 Å². The number of para-hydroxylation sites is 1. The Morgan fingerprint density at radius 1 is 1.26 bits per heavy atom. The standard InChI is InChI=1S/C10H7FN4O2S2/c11-9-6-12-10(18-9)14-19(16,17)15-8-4-2-1-3-7(8)5-13-15/h1-6H,(H,12,14). The Hall–Kier alpha value is -2.00. The molecule has 19 heavy (non-hydrogen) atoms. The van der Waals surface area contributed by atoms with Crippen molar-refractivity contribution in [1.29, 1.82) is 0 Å². The lowest BCUT2D eigenvalue weighted by molar-refractivity contribution is 0.588. The first-order chi connectivity index (χ1) is 9.06. The Kier molecular flexibility index (Phi) is 2.72. The minimum atomic E-state index is -3.95. The first kappa shape index (κ1) is 12.1. The van der Waals surface area contributed by atoms with Gasteiger partial charge in [-0.2, -0.15) is 17.9 Å². The number of fused-ring (bicyclic) bond motifs is 1. The Bertz CT molecular complexity index is 840. The average Bonchev–Trinajstić information content (AvgIpc) is 2.95. The first-order valence-electron chi connectivity index (χ1n) is 5.14. The number of rotatable bonds is 3. The van der Waals surface area contributed by atoms with Gasteiger partial charge in [-0.1, -0.05) is 29.5 Å². The summed E-state index contributed by atoms with van der Waals surface area (Å²) < 4.78 is 40.1. The summed E-state index contributed by atoms with van der Waals surface area (Å²) in [6.45, 7) is 0. The van der Waals surface area contributed by atoms with E-state index in [9.17, 15) is 12.8 Å². The van der Waals surface area contributed by atoms with E-state index in [4.69, 9.17) is 0 Å². The van der Waals surface area contributed by atoms with Crippen molar-refractivity contribution in [2.75, 3.05) is 4.72 Å². The van der Waals surface area contributed by atoms with Gasteiger partial charge in [0.2, 0.25) is 5.13 Å². The Balaban J connectivity index is 2.05. The molecule has 0 saturated heterocycles. The molecule has 98 valence electrons. The summed E-state index contributed by atoms with van der Waals surface area (Å²) in [4.78, 5) is 3.60. The third kappa shape index (κ3) is 2.17. The van der Waals surface area contributed by atoms with E-state index >= 15 is 0 Å². The van der Waals surface area contributed by atoms with Crippen molar-refractivity contribution in [3.63, 3.8) is 0 Å². The topological polar surface area (TPSA) is 76.9 Å². The summed E-state index contributed by atoms with van der Waals surface area (Å²) in [5.41, 5.74) is 0.437. The van der Waals surface area contributed by atoms with Crippen LogP contribution >= 0.6 is 11.3 Å². The lowest BCUT2D eigenvalue weighted by Gasteiger charge is -2.05. The second kappa shape index (κ2) is 4.28. The molecule has 0 amide bonds. The van der Waals surface area contributed by atoms with E-state index < -0.39 is 15.3 Å². The van der Waals surface area contributed by atoms with Crippen LogP contribution in [0.4, 0.5) is 9.52 Å². The summed E-state index contributed by atoms with van der Waals surface area (Å²) in [5.74, 6) is 0. The van der Waals surface area contributed by atoms with E-state index in [1.54, 1.807) is 24.3 Å². The number of thiazole rings is 1. The SMILES string of the molecule is O=S(=O)(Nc1ncc(F)s1)n1ncc2ccccc21. The van der Waals surface area contributed by atoms with Crippen molar-refractivity contribution in [1.82, 2.24) is 14.2 Å². The van der Waals surface area contributed by atoms with Crippen LogP contribution in [0.25, 0.3) is 10.9 Å². The van der Waals surface area contributed by atoms with Crippen molar-refractivity contribution in [2.45, 2.75) is 0 Å². The normalized spacial score (nSPS) is 11.8. The van der Waals surface area contributed by atoms with Crippen LogP contribution in [0.3, 0.4) is 0 Å². The highest BCUT2D eigenvalue weighted by Crippen LogP contribution is 2.20. The van der Waals surface area contributed by atoms with Crippen LogP contribution < -0.4 is 4.72 Å². The predicted octanol–water partition coefficient (Wildman–Crippen LogP) is 1.84. The van der Waals surface area contributed by atoms with Crippen LogP contribution in [0.1, 0.15) is 0 Å². The summed E-state index contributed by atoms with van der Waals surface area (Å²) in [6.07, 6.45) is 2.39. The molecule has 0 aliphatic heterocycles. The van der Waals surface area contributed by atoms with Gasteiger partial charge in [0, 0.05) is 5.39 Å². The van der Waals surface area contributed by atoms with Crippen LogP contribution in [0.5, 0.6) is 0 Å². The molecule has 1 N–H and O–H groups in total. The molecule has 0 atom stereocenters. The fraction of sp³-hybridized carbons (Fsp3) is 0. The third-order valence-electron chi connectivity index (χ3n) is 2.37. The largest absolute Gasteiger partial charge is 0.345 e. The van der Waals surface area contributed by atoms with E-state index in [-0.39, 0.29) is 5.13 Å². The minimum absolute atomic E-state index is 0.0444. The Morgan fingerprint density at radius 3 is 2.79 bits per heavy atom. The Labute approximate surface area is 111 Å². The molecule has 3 rings (SSSR count). The highest BCUT2D eigenvalue weighted by Gasteiger charge is 2.18. The van der Waals surface area contributed by atoms with Gasteiger partial charge in [-0.25, -0.2) is 9.71 Å². The summed E-state index contributed by atoms with van der Waals surface area (Å²) >= 11 is 0.608. The molecular formula is C10H7FN4O2S2. The number of anilines is 1. The van der Waals surface area contributed by atoms with Crippen LogP contribution in [-0.2, 0) is 10.2 Å². The molecule has 0 spiro atoms. The fourth-order valence-corrected chi connectivity index (χ4v) is 3.43. The molecule has 9 heteroatoms. The molecule has 0 aliphatic carbocycles. The van der Waals surface area contributed by atoms with Gasteiger partial charge in [-0.3, -0.25) is 0 Å². The van der Waals surface area contributed by atoms with Gasteiger partial charge in [-0.05, 0) is 6.07 Å². The van der Waals surface area contributed by atoms with Crippen LogP contribution in [-0.4, -0.2) is 22.6 Å². The fourth-order valence-electron chi connectivity index (χ4n) is 1.59. The monoisotopic (exact) mass is 298 g/mol. The highest BCUT2D eigenvalue weighted by atomic mass is 32.2. The van der Waals surface area contributed by atoms with Crippen LogP contribution in [0.2, 0.25) is 0 Å². The number of halogens is 1. The second-order valence-electron chi connectivity index (χ2n) is 3.62. The van der Waals surface area contributed by atoms with Crippen molar-refractivity contribution < 1.29 is 12.8 Å². The van der Waals surface area contributed by atoms with Crippen molar-refractivity contribution in [3.8, 4) is 0 Å².